The maximum absolute atomic E-state index is 14.1. The molecular formula is C30H22Cl2N4O6S. The number of nitrogens with two attached hydrogens (primary N) is 1. The number of benzene rings is 3. The Hall–Kier alpha value is -4.71. The number of carbonyl (C=O) groups excluding carboxylic acids is 2. The highest BCUT2D eigenvalue weighted by atomic mass is 35.5. The van der Waals surface area contributed by atoms with Crippen LogP contribution in [0.25, 0.3) is 17.5 Å². The van der Waals surface area contributed by atoms with Crippen LogP contribution in [0.3, 0.4) is 0 Å². The van der Waals surface area contributed by atoms with Crippen LogP contribution < -0.4 is 25.8 Å². The number of carbonyl (C=O) groups is 2. The topological polar surface area (TPSA) is 147 Å². The lowest BCUT2D eigenvalue weighted by Gasteiger charge is -2.27. The van der Waals surface area contributed by atoms with E-state index in [4.69, 9.17) is 33.7 Å². The fourth-order valence-corrected chi connectivity index (χ4v) is 6.10. The third-order valence-electron chi connectivity index (χ3n) is 6.57. The fourth-order valence-electron chi connectivity index (χ4n) is 4.67. The Morgan fingerprint density at radius 2 is 1.72 bits per heavy atom. The SMILES string of the molecule is CCOC(=O)C1=C(N)n2c(s/c(=C\c3ccc(Cl)cc3)c2=O)=C(C(=O)Nc2cccc([N+](=O)[O-])c2)C1c1ccc(Cl)cc1. The predicted molar refractivity (Wildman–Crippen MR) is 166 cm³/mol. The molecule has 3 N–H and O–H groups in total. The smallest absolute Gasteiger partial charge is 0.338 e. The third kappa shape index (κ3) is 5.96. The second-order valence-electron chi connectivity index (χ2n) is 9.29. The number of amides is 1. The van der Waals surface area contributed by atoms with Crippen LogP contribution in [0.4, 0.5) is 11.4 Å². The molecule has 0 fully saturated rings. The quantitative estimate of drug-likeness (QED) is 0.175. The zero-order valence-electron chi connectivity index (χ0n) is 22.4. The summed E-state index contributed by atoms with van der Waals surface area (Å²) in [6.07, 6.45) is 1.62. The number of anilines is 1. The van der Waals surface area contributed by atoms with E-state index in [1.165, 1.54) is 24.3 Å². The number of hydrogen-bond donors (Lipinski definition) is 2. The van der Waals surface area contributed by atoms with Gasteiger partial charge in [-0.1, -0.05) is 53.5 Å². The molecule has 1 atom stereocenters. The van der Waals surface area contributed by atoms with Gasteiger partial charge in [0.05, 0.1) is 33.1 Å². The number of nitro groups is 1. The van der Waals surface area contributed by atoms with E-state index in [0.29, 0.717) is 21.2 Å². The Morgan fingerprint density at radius 3 is 2.35 bits per heavy atom. The van der Waals surface area contributed by atoms with Crippen LogP contribution in [-0.2, 0) is 14.3 Å². The Morgan fingerprint density at radius 1 is 1.07 bits per heavy atom. The van der Waals surface area contributed by atoms with Gasteiger partial charge < -0.3 is 15.8 Å². The summed E-state index contributed by atoms with van der Waals surface area (Å²) >= 11 is 13.2. The first-order chi connectivity index (χ1) is 20.6. The molecule has 3 aromatic carbocycles. The molecule has 1 unspecified atom stereocenters. The van der Waals surface area contributed by atoms with Crippen LogP contribution >= 0.6 is 34.5 Å². The number of rotatable bonds is 7. The van der Waals surface area contributed by atoms with E-state index >= 15 is 0 Å². The number of nitrogens with one attached hydrogen (secondary N) is 1. The lowest BCUT2D eigenvalue weighted by atomic mass is 9.82. The molecule has 0 saturated carbocycles. The van der Waals surface area contributed by atoms with Crippen molar-refractivity contribution in [1.82, 2.24) is 4.57 Å². The zero-order chi connectivity index (χ0) is 30.8. The number of hydrogen-bond acceptors (Lipinski definition) is 8. The van der Waals surface area contributed by atoms with Gasteiger partial charge >= 0.3 is 5.97 Å². The lowest BCUT2D eigenvalue weighted by Crippen LogP contribution is -2.42. The molecule has 1 aliphatic rings. The number of nitrogens with zero attached hydrogens (tertiary/aromatic N) is 2. The molecule has 1 aromatic heterocycles. The maximum atomic E-state index is 14.1. The first kappa shape index (κ1) is 29.8. The summed E-state index contributed by atoms with van der Waals surface area (Å²) in [5, 5.41) is 15.0. The third-order valence-corrected chi connectivity index (χ3v) is 8.19. The minimum absolute atomic E-state index is 0.0130. The van der Waals surface area contributed by atoms with Gasteiger partial charge in [-0.2, -0.15) is 0 Å². The van der Waals surface area contributed by atoms with Crippen molar-refractivity contribution < 1.29 is 19.2 Å². The summed E-state index contributed by atoms with van der Waals surface area (Å²) in [5.74, 6) is -2.77. The Bertz CT molecular complexity index is 1980. The molecule has 43 heavy (non-hydrogen) atoms. The first-order valence-electron chi connectivity index (χ1n) is 12.8. The average Bonchev–Trinajstić information content (AvgIpc) is 3.30. The highest BCUT2D eigenvalue weighted by Gasteiger charge is 2.39. The van der Waals surface area contributed by atoms with E-state index in [0.717, 1.165) is 15.9 Å². The molecule has 0 spiro atoms. The maximum Gasteiger partial charge on any atom is 0.338 e. The molecular weight excluding hydrogens is 615 g/mol. The first-order valence-corrected chi connectivity index (χ1v) is 14.4. The van der Waals surface area contributed by atoms with Crippen LogP contribution in [-0.4, -0.2) is 28.0 Å². The molecule has 5 rings (SSSR count). The van der Waals surface area contributed by atoms with Gasteiger partial charge in [0.1, 0.15) is 10.5 Å². The highest BCUT2D eigenvalue weighted by molar-refractivity contribution is 7.07. The summed E-state index contributed by atoms with van der Waals surface area (Å²) in [7, 11) is 0. The van der Waals surface area contributed by atoms with Crippen LogP contribution in [0.15, 0.2) is 83.2 Å². The number of esters is 1. The Kier molecular flexibility index (Phi) is 8.49. The Labute approximate surface area is 258 Å². The van der Waals surface area contributed by atoms with E-state index in [9.17, 15) is 24.5 Å². The molecule has 0 saturated heterocycles. The molecule has 0 radical (unpaired) electrons. The van der Waals surface area contributed by atoms with Crippen molar-refractivity contribution in [2.75, 3.05) is 11.9 Å². The van der Waals surface area contributed by atoms with Crippen LogP contribution in [0, 0.1) is 10.1 Å². The predicted octanol–water partition coefficient (Wildman–Crippen LogP) is 4.23. The van der Waals surface area contributed by atoms with Crippen LogP contribution in [0.1, 0.15) is 24.0 Å². The van der Waals surface area contributed by atoms with Crippen molar-refractivity contribution in [2.45, 2.75) is 12.8 Å². The van der Waals surface area contributed by atoms with Gasteiger partial charge in [-0.05, 0) is 54.5 Å². The van der Waals surface area contributed by atoms with Gasteiger partial charge in [0.2, 0.25) is 0 Å². The van der Waals surface area contributed by atoms with Crippen molar-refractivity contribution in [3.8, 4) is 0 Å². The highest BCUT2D eigenvalue weighted by Crippen LogP contribution is 2.38. The van der Waals surface area contributed by atoms with Gasteiger partial charge in [0, 0.05) is 27.9 Å². The molecule has 1 amide bonds. The zero-order valence-corrected chi connectivity index (χ0v) is 24.7. The number of aromatic nitrogens is 1. The average molecular weight is 638 g/mol. The molecule has 13 heteroatoms. The summed E-state index contributed by atoms with van der Waals surface area (Å²) in [5.41, 5.74) is 6.96. The van der Waals surface area contributed by atoms with E-state index in [-0.39, 0.29) is 44.1 Å². The van der Waals surface area contributed by atoms with E-state index < -0.39 is 28.3 Å². The van der Waals surface area contributed by atoms with Gasteiger partial charge in [-0.25, -0.2) is 4.79 Å². The van der Waals surface area contributed by atoms with Gasteiger partial charge in [-0.3, -0.25) is 24.3 Å². The summed E-state index contributed by atoms with van der Waals surface area (Å²) in [6, 6.07) is 18.7. The lowest BCUT2D eigenvalue weighted by molar-refractivity contribution is -0.384. The van der Waals surface area contributed by atoms with Gasteiger partial charge in [0.25, 0.3) is 17.2 Å². The van der Waals surface area contributed by atoms with E-state index in [2.05, 4.69) is 5.32 Å². The molecule has 2 heterocycles. The summed E-state index contributed by atoms with van der Waals surface area (Å²) in [6.45, 7) is 1.63. The summed E-state index contributed by atoms with van der Waals surface area (Å²) in [4.78, 5) is 52.1. The van der Waals surface area contributed by atoms with Crippen molar-refractivity contribution in [3.05, 3.63) is 129 Å². The van der Waals surface area contributed by atoms with Crippen molar-refractivity contribution in [2.24, 2.45) is 5.73 Å². The molecule has 1 aliphatic heterocycles. The number of nitro benzene ring substituents is 1. The molecule has 218 valence electrons. The van der Waals surface area contributed by atoms with E-state index in [1.54, 1.807) is 61.5 Å². The molecule has 0 bridgehead atoms. The molecule has 4 aromatic rings. The van der Waals surface area contributed by atoms with E-state index in [1.807, 2.05) is 0 Å². The number of halogens is 2. The minimum atomic E-state index is -1.07. The number of fused-ring (bicyclic) bond motifs is 1. The van der Waals surface area contributed by atoms with Crippen molar-refractivity contribution in [3.63, 3.8) is 0 Å². The summed E-state index contributed by atoms with van der Waals surface area (Å²) < 4.78 is 6.86. The Balaban J connectivity index is 1.81. The van der Waals surface area contributed by atoms with Crippen molar-refractivity contribution in [1.29, 1.82) is 0 Å². The second-order valence-corrected chi connectivity index (χ2v) is 11.2. The fraction of sp³-hybridized carbons (Fsp3) is 0.100. The number of ether oxygens (including phenoxy) is 1. The largest absolute Gasteiger partial charge is 0.463 e. The standard InChI is InChI=1S/C30H22Cl2N4O6S/c1-2-42-30(39)24-23(17-8-12-19(32)13-9-17)25(27(37)34-20-4-3-5-21(15-20)36(40)41)29-35(26(24)33)28(38)22(43-29)14-16-6-10-18(31)11-7-16/h3-15,23H,2,33H2,1H3,(H,34,37)/b22-14-. The molecule has 0 aliphatic carbocycles. The molecule has 10 nitrogen and oxygen atoms in total. The normalized spacial score (nSPS) is 14.8. The minimum Gasteiger partial charge on any atom is -0.463 e. The van der Waals surface area contributed by atoms with Gasteiger partial charge in [-0.15, -0.1) is 11.3 Å². The van der Waals surface area contributed by atoms with Gasteiger partial charge in [0.15, 0.2) is 0 Å². The monoisotopic (exact) mass is 636 g/mol. The van der Waals surface area contributed by atoms with Crippen molar-refractivity contribution >= 4 is 75.3 Å². The number of non-ortho nitro benzene ring substituents is 1. The van der Waals surface area contributed by atoms with Crippen LogP contribution in [0.2, 0.25) is 10.0 Å². The second kappa shape index (κ2) is 12.3. The van der Waals surface area contributed by atoms with Crippen LogP contribution in [0.5, 0.6) is 0 Å². The number of thiazole rings is 1.